The van der Waals surface area contributed by atoms with Crippen LogP contribution in [0.25, 0.3) is 0 Å². The summed E-state index contributed by atoms with van der Waals surface area (Å²) in [6, 6.07) is 15.1. The lowest BCUT2D eigenvalue weighted by Gasteiger charge is -2.49. The van der Waals surface area contributed by atoms with Crippen LogP contribution in [0.4, 0.5) is 0 Å². The van der Waals surface area contributed by atoms with Crippen LogP contribution in [0.3, 0.4) is 0 Å². The maximum atomic E-state index is 13.4. The maximum absolute atomic E-state index is 13.4. The summed E-state index contributed by atoms with van der Waals surface area (Å²) in [5.41, 5.74) is 2.29. The number of rotatable bonds is 5. The zero-order valence-electron chi connectivity index (χ0n) is 20.1. The minimum Gasteiger partial charge on any atom is -0.337 e. The summed E-state index contributed by atoms with van der Waals surface area (Å²) in [6.45, 7) is 11.3. The number of carbonyl (C=O) groups excluding carboxylic acids is 1. The lowest BCUT2D eigenvalue weighted by Crippen LogP contribution is -2.60. The third-order valence-electron chi connectivity index (χ3n) is 7.16. The highest BCUT2D eigenvalue weighted by Crippen LogP contribution is 2.35. The Morgan fingerprint density at radius 3 is 2.48 bits per heavy atom. The molecule has 3 heterocycles. The number of benzene rings is 1. The molecule has 1 aromatic carbocycles. The average molecular weight is 514 g/mol. The Kier molecular flexibility index (Phi) is 7.87. The van der Waals surface area contributed by atoms with Gasteiger partial charge in [-0.2, -0.15) is 0 Å². The number of piperidine rings is 1. The highest BCUT2D eigenvalue weighted by molar-refractivity contribution is 9.10. The maximum Gasteiger partial charge on any atom is 0.223 e. The van der Waals surface area contributed by atoms with Crippen LogP contribution in [-0.2, 0) is 4.79 Å². The third kappa shape index (κ3) is 6.03. The number of halogens is 1. The molecule has 1 amide bonds. The van der Waals surface area contributed by atoms with E-state index in [-0.39, 0.29) is 17.5 Å². The highest BCUT2D eigenvalue weighted by Gasteiger charge is 2.40. The Morgan fingerprint density at radius 1 is 1.12 bits per heavy atom. The molecule has 33 heavy (non-hydrogen) atoms. The lowest BCUT2D eigenvalue weighted by molar-refractivity contribution is -0.141. The van der Waals surface area contributed by atoms with Crippen molar-refractivity contribution in [2.45, 2.75) is 52.1 Å². The van der Waals surface area contributed by atoms with Gasteiger partial charge in [0.25, 0.3) is 0 Å². The molecule has 2 aliphatic rings. The first-order chi connectivity index (χ1) is 15.8. The van der Waals surface area contributed by atoms with Gasteiger partial charge >= 0.3 is 0 Å². The van der Waals surface area contributed by atoms with Crippen LogP contribution in [0.1, 0.15) is 57.3 Å². The van der Waals surface area contributed by atoms with Crippen LogP contribution >= 0.6 is 15.9 Å². The molecule has 2 aromatic rings. The fraction of sp³-hybridized carbons (Fsp3) is 0.556. The molecule has 0 aliphatic carbocycles. The second-order valence-electron chi connectivity index (χ2n) is 10.6. The SMILES string of the molecule is CC(C)(C)[C@H]1CN(C(c2ccccc2)c2ccc(Br)cn2)CCN1C(=O)CC1CCNCC1. The van der Waals surface area contributed by atoms with Crippen molar-refractivity contribution in [3.05, 3.63) is 64.4 Å². The molecule has 0 bridgehead atoms. The zero-order chi connectivity index (χ0) is 23.4. The third-order valence-corrected chi connectivity index (χ3v) is 7.63. The molecule has 1 unspecified atom stereocenters. The normalized spacial score (nSPS) is 21.7. The van der Waals surface area contributed by atoms with Crippen LogP contribution in [0, 0.1) is 11.3 Å². The quantitative estimate of drug-likeness (QED) is 0.619. The summed E-state index contributed by atoms with van der Waals surface area (Å²) in [4.78, 5) is 22.9. The zero-order valence-corrected chi connectivity index (χ0v) is 21.7. The first-order valence-electron chi connectivity index (χ1n) is 12.2. The highest BCUT2D eigenvalue weighted by atomic mass is 79.9. The average Bonchev–Trinajstić information content (AvgIpc) is 2.81. The first kappa shape index (κ1) is 24.4. The molecular formula is C27H37BrN4O. The van der Waals surface area contributed by atoms with E-state index in [1.165, 1.54) is 5.56 Å². The van der Waals surface area contributed by atoms with Gasteiger partial charge in [0.15, 0.2) is 0 Å². The molecule has 5 nitrogen and oxygen atoms in total. The van der Waals surface area contributed by atoms with Gasteiger partial charge in [0.1, 0.15) is 0 Å². The monoisotopic (exact) mass is 512 g/mol. The van der Waals surface area contributed by atoms with E-state index in [9.17, 15) is 4.79 Å². The van der Waals surface area contributed by atoms with Crippen LogP contribution in [0.5, 0.6) is 0 Å². The lowest BCUT2D eigenvalue weighted by atomic mass is 9.82. The Balaban J connectivity index is 1.57. The summed E-state index contributed by atoms with van der Waals surface area (Å²) < 4.78 is 0.985. The van der Waals surface area contributed by atoms with Gasteiger partial charge in [-0.25, -0.2) is 0 Å². The van der Waals surface area contributed by atoms with Crippen LogP contribution in [0.2, 0.25) is 0 Å². The molecule has 2 saturated heterocycles. The molecule has 2 aliphatic heterocycles. The number of carbonyl (C=O) groups is 1. The number of piperazine rings is 1. The van der Waals surface area contributed by atoms with Crippen molar-refractivity contribution in [3.63, 3.8) is 0 Å². The predicted octanol–water partition coefficient (Wildman–Crippen LogP) is 4.88. The summed E-state index contributed by atoms with van der Waals surface area (Å²) in [6.07, 6.45) is 4.78. The molecule has 0 radical (unpaired) electrons. The topological polar surface area (TPSA) is 48.5 Å². The minimum atomic E-state index is -0.00314. The van der Waals surface area contributed by atoms with E-state index in [4.69, 9.17) is 4.98 Å². The van der Waals surface area contributed by atoms with Gasteiger partial charge in [-0.15, -0.1) is 0 Å². The number of hydrogen-bond donors (Lipinski definition) is 1. The molecule has 2 fully saturated rings. The Hall–Kier alpha value is -1.76. The van der Waals surface area contributed by atoms with Crippen molar-refractivity contribution < 1.29 is 4.79 Å². The fourth-order valence-electron chi connectivity index (χ4n) is 5.28. The van der Waals surface area contributed by atoms with Crippen molar-refractivity contribution >= 4 is 21.8 Å². The summed E-state index contributed by atoms with van der Waals surface area (Å²) in [7, 11) is 0. The van der Waals surface area contributed by atoms with Gasteiger partial charge in [-0.1, -0.05) is 51.1 Å². The van der Waals surface area contributed by atoms with Crippen molar-refractivity contribution in [1.82, 2.24) is 20.1 Å². The number of nitrogens with zero attached hydrogens (tertiary/aromatic N) is 3. The van der Waals surface area contributed by atoms with Gasteiger partial charge in [0.05, 0.1) is 11.7 Å². The number of hydrogen-bond acceptors (Lipinski definition) is 4. The van der Waals surface area contributed by atoms with Crippen molar-refractivity contribution in [2.75, 3.05) is 32.7 Å². The predicted molar refractivity (Wildman–Crippen MR) is 137 cm³/mol. The number of nitrogens with one attached hydrogen (secondary N) is 1. The van der Waals surface area contributed by atoms with Crippen molar-refractivity contribution in [2.24, 2.45) is 11.3 Å². The van der Waals surface area contributed by atoms with E-state index in [1.807, 2.05) is 6.20 Å². The summed E-state index contributed by atoms with van der Waals surface area (Å²) in [5.74, 6) is 0.848. The Morgan fingerprint density at radius 2 is 1.85 bits per heavy atom. The number of pyridine rings is 1. The van der Waals surface area contributed by atoms with Crippen molar-refractivity contribution in [1.29, 1.82) is 0 Å². The van der Waals surface area contributed by atoms with E-state index in [0.717, 1.165) is 55.7 Å². The number of amides is 1. The van der Waals surface area contributed by atoms with E-state index in [2.05, 4.69) is 94.3 Å². The first-order valence-corrected chi connectivity index (χ1v) is 13.0. The summed E-state index contributed by atoms with van der Waals surface area (Å²) >= 11 is 3.52. The van der Waals surface area contributed by atoms with E-state index < -0.39 is 0 Å². The molecule has 0 saturated carbocycles. The van der Waals surface area contributed by atoms with Gasteiger partial charge in [0, 0.05) is 42.8 Å². The second kappa shape index (κ2) is 10.7. The van der Waals surface area contributed by atoms with Gasteiger partial charge in [-0.05, 0) is 70.9 Å². The fourth-order valence-corrected chi connectivity index (χ4v) is 5.52. The van der Waals surface area contributed by atoms with E-state index in [1.54, 1.807) is 0 Å². The molecule has 178 valence electrons. The van der Waals surface area contributed by atoms with Crippen molar-refractivity contribution in [3.8, 4) is 0 Å². The smallest absolute Gasteiger partial charge is 0.223 e. The molecule has 1 aromatic heterocycles. The van der Waals surface area contributed by atoms with Crippen LogP contribution in [-0.4, -0.2) is 59.5 Å². The second-order valence-corrected chi connectivity index (χ2v) is 11.5. The van der Waals surface area contributed by atoms with E-state index >= 15 is 0 Å². The number of aromatic nitrogens is 1. The van der Waals surface area contributed by atoms with Gasteiger partial charge < -0.3 is 10.2 Å². The Labute approximate surface area is 207 Å². The molecule has 4 rings (SSSR count). The van der Waals surface area contributed by atoms with E-state index in [0.29, 0.717) is 18.2 Å². The summed E-state index contributed by atoms with van der Waals surface area (Å²) in [5, 5.41) is 3.41. The molecular weight excluding hydrogens is 476 g/mol. The Bertz CT molecular complexity index is 906. The minimum absolute atomic E-state index is 0.00314. The van der Waals surface area contributed by atoms with Gasteiger partial charge in [0.2, 0.25) is 5.91 Å². The van der Waals surface area contributed by atoms with Crippen LogP contribution in [0.15, 0.2) is 53.1 Å². The standard InChI is InChI=1S/C27H37BrN4O/c1-27(2,3)24-19-31(15-16-32(24)25(33)17-20-11-13-29-14-12-20)26(21-7-5-4-6-8-21)23-10-9-22(28)18-30-23/h4-10,18,20,24,26,29H,11-17,19H2,1-3H3/t24-,26?/m1/s1. The molecule has 0 spiro atoms. The largest absolute Gasteiger partial charge is 0.337 e. The van der Waals surface area contributed by atoms with Gasteiger partial charge in [-0.3, -0.25) is 14.7 Å². The molecule has 1 N–H and O–H groups in total. The molecule has 6 heteroatoms. The molecule has 2 atom stereocenters. The van der Waals surface area contributed by atoms with Crippen LogP contribution < -0.4 is 5.32 Å².